The summed E-state index contributed by atoms with van der Waals surface area (Å²) in [6.45, 7) is 0.503. The Morgan fingerprint density at radius 3 is 1.37 bits per heavy atom. The number of carbonyl (C=O) groups is 2. The Bertz CT molecular complexity index is 239. The Balaban J connectivity index is 2.22. The van der Waals surface area contributed by atoms with E-state index in [1.165, 1.54) is 25.7 Å². The van der Waals surface area contributed by atoms with Crippen LogP contribution in [0.1, 0.15) is 51.4 Å². The lowest BCUT2D eigenvalue weighted by atomic mass is 10.1. The fraction of sp³-hybridized carbons (Fsp3) is 0.857. The van der Waals surface area contributed by atoms with Crippen LogP contribution >= 0.6 is 0 Å². The van der Waals surface area contributed by atoms with Gasteiger partial charge in [-0.1, -0.05) is 38.5 Å². The first-order valence-corrected chi connectivity index (χ1v) is 7.18. The average molecular weight is 272 g/mol. The normalized spacial score (nSPS) is 22.1. The molecule has 0 aromatic carbocycles. The molecule has 0 radical (unpaired) electrons. The van der Waals surface area contributed by atoms with Crippen molar-refractivity contribution in [1.29, 1.82) is 0 Å². The van der Waals surface area contributed by atoms with Crippen molar-refractivity contribution in [1.82, 2.24) is 0 Å². The third-order valence-corrected chi connectivity index (χ3v) is 3.00. The van der Waals surface area contributed by atoms with Crippen LogP contribution < -0.4 is 0 Å². The SMILES string of the molecule is O=C1COCC(=O)OCCCCCCCCCCO1. The van der Waals surface area contributed by atoms with Gasteiger partial charge in [0.15, 0.2) is 0 Å². The standard InChI is InChI=1S/C14H24O5/c15-13-11-17-12-14(16)19-10-8-6-4-2-1-3-5-7-9-18-13/h1-12H2. The van der Waals surface area contributed by atoms with Crippen molar-refractivity contribution >= 4 is 11.9 Å². The van der Waals surface area contributed by atoms with Gasteiger partial charge in [0.2, 0.25) is 0 Å². The molecular formula is C14H24O5. The van der Waals surface area contributed by atoms with E-state index in [2.05, 4.69) is 0 Å². The lowest BCUT2D eigenvalue weighted by Gasteiger charge is -2.06. The molecule has 1 fully saturated rings. The van der Waals surface area contributed by atoms with Gasteiger partial charge in [-0.25, -0.2) is 9.59 Å². The Hall–Kier alpha value is -1.10. The minimum absolute atomic E-state index is 0.185. The molecule has 110 valence electrons. The summed E-state index contributed by atoms with van der Waals surface area (Å²) in [7, 11) is 0. The monoisotopic (exact) mass is 272 g/mol. The number of hydrogen-bond donors (Lipinski definition) is 0. The van der Waals surface area contributed by atoms with E-state index in [0.717, 1.165) is 25.7 Å². The van der Waals surface area contributed by atoms with Gasteiger partial charge < -0.3 is 14.2 Å². The molecule has 19 heavy (non-hydrogen) atoms. The number of esters is 2. The van der Waals surface area contributed by atoms with Crippen molar-refractivity contribution in [3.63, 3.8) is 0 Å². The van der Waals surface area contributed by atoms with Crippen molar-refractivity contribution in [2.24, 2.45) is 0 Å². The van der Waals surface area contributed by atoms with Gasteiger partial charge in [-0.2, -0.15) is 0 Å². The maximum Gasteiger partial charge on any atom is 0.332 e. The molecule has 0 aromatic heterocycles. The maximum atomic E-state index is 11.2. The van der Waals surface area contributed by atoms with Crippen molar-refractivity contribution < 1.29 is 23.8 Å². The molecule has 5 nitrogen and oxygen atoms in total. The van der Waals surface area contributed by atoms with Gasteiger partial charge in [0, 0.05) is 0 Å². The third-order valence-electron chi connectivity index (χ3n) is 3.00. The average Bonchev–Trinajstić information content (AvgIpc) is 2.39. The number of cyclic esters (lactones) is 2. The summed E-state index contributed by atoms with van der Waals surface area (Å²) in [5.74, 6) is -0.839. The summed E-state index contributed by atoms with van der Waals surface area (Å²) in [4.78, 5) is 22.5. The Morgan fingerprint density at radius 1 is 0.579 bits per heavy atom. The molecule has 0 saturated carbocycles. The molecule has 1 aliphatic rings. The highest BCUT2D eigenvalue weighted by atomic mass is 16.6. The lowest BCUT2D eigenvalue weighted by Crippen LogP contribution is -2.19. The largest absolute Gasteiger partial charge is 0.464 e. The second-order valence-corrected chi connectivity index (χ2v) is 4.76. The smallest absolute Gasteiger partial charge is 0.332 e. The minimum Gasteiger partial charge on any atom is -0.464 e. The predicted octanol–water partition coefficient (Wildman–Crippen LogP) is 2.22. The maximum absolute atomic E-state index is 11.2. The molecule has 5 heteroatoms. The van der Waals surface area contributed by atoms with E-state index in [1.807, 2.05) is 0 Å². The van der Waals surface area contributed by atoms with Gasteiger partial charge in [0.05, 0.1) is 13.2 Å². The number of carbonyl (C=O) groups excluding carboxylic acids is 2. The fourth-order valence-corrected chi connectivity index (χ4v) is 1.94. The molecule has 1 heterocycles. The van der Waals surface area contributed by atoms with E-state index in [-0.39, 0.29) is 13.2 Å². The minimum atomic E-state index is -0.419. The highest BCUT2D eigenvalue weighted by Crippen LogP contribution is 2.09. The molecule has 0 aromatic rings. The Labute approximate surface area is 114 Å². The first-order valence-electron chi connectivity index (χ1n) is 7.18. The van der Waals surface area contributed by atoms with Gasteiger partial charge in [-0.05, 0) is 12.8 Å². The Morgan fingerprint density at radius 2 is 0.947 bits per heavy atom. The molecule has 0 atom stereocenters. The van der Waals surface area contributed by atoms with Crippen molar-refractivity contribution in [3.8, 4) is 0 Å². The molecule has 0 spiro atoms. The molecule has 1 saturated heterocycles. The summed E-state index contributed by atoms with van der Waals surface area (Å²) < 4.78 is 14.9. The molecule has 1 aliphatic heterocycles. The number of rotatable bonds is 0. The number of hydrogen-bond acceptors (Lipinski definition) is 5. The van der Waals surface area contributed by atoms with Crippen LogP contribution in [0.5, 0.6) is 0 Å². The Kier molecular flexibility index (Phi) is 9.06. The van der Waals surface area contributed by atoms with Gasteiger partial charge in [-0.15, -0.1) is 0 Å². The van der Waals surface area contributed by atoms with Crippen molar-refractivity contribution in [2.75, 3.05) is 26.4 Å². The molecule has 0 unspecified atom stereocenters. The first-order chi connectivity index (χ1) is 9.29. The highest BCUT2D eigenvalue weighted by molar-refractivity contribution is 5.73. The zero-order valence-electron chi connectivity index (χ0n) is 11.5. The van der Waals surface area contributed by atoms with Crippen molar-refractivity contribution in [2.45, 2.75) is 51.4 Å². The number of ether oxygens (including phenoxy) is 3. The first kappa shape index (κ1) is 16.0. The third kappa shape index (κ3) is 9.47. The summed E-state index contributed by atoms with van der Waals surface area (Å²) in [5.41, 5.74) is 0. The van der Waals surface area contributed by atoms with Crippen molar-refractivity contribution in [3.05, 3.63) is 0 Å². The molecule has 1 rings (SSSR count). The van der Waals surface area contributed by atoms with Gasteiger partial charge >= 0.3 is 11.9 Å². The van der Waals surface area contributed by atoms with Crippen LogP contribution in [0.15, 0.2) is 0 Å². The van der Waals surface area contributed by atoms with E-state index >= 15 is 0 Å². The van der Waals surface area contributed by atoms with E-state index in [4.69, 9.17) is 14.2 Å². The summed E-state index contributed by atoms with van der Waals surface area (Å²) in [6.07, 6.45) is 8.78. The molecule has 0 bridgehead atoms. The molecule has 0 aliphatic carbocycles. The summed E-state index contributed by atoms with van der Waals surface area (Å²) >= 11 is 0. The van der Waals surface area contributed by atoms with Crippen LogP contribution in [-0.2, 0) is 23.8 Å². The second-order valence-electron chi connectivity index (χ2n) is 4.76. The highest BCUT2D eigenvalue weighted by Gasteiger charge is 2.07. The predicted molar refractivity (Wildman–Crippen MR) is 69.7 cm³/mol. The van der Waals surface area contributed by atoms with Crippen LogP contribution in [0, 0.1) is 0 Å². The van der Waals surface area contributed by atoms with Gasteiger partial charge in [-0.3, -0.25) is 0 Å². The second kappa shape index (κ2) is 10.8. The molecule has 0 N–H and O–H groups in total. The van der Waals surface area contributed by atoms with Crippen LogP contribution in [0.4, 0.5) is 0 Å². The van der Waals surface area contributed by atoms with Gasteiger partial charge in [0.25, 0.3) is 0 Å². The lowest BCUT2D eigenvalue weighted by molar-refractivity contribution is -0.155. The molecule has 0 amide bonds. The quantitative estimate of drug-likeness (QED) is 0.633. The summed E-state index contributed by atoms with van der Waals surface area (Å²) in [5, 5.41) is 0. The zero-order valence-corrected chi connectivity index (χ0v) is 11.5. The zero-order chi connectivity index (χ0) is 13.8. The van der Waals surface area contributed by atoms with Crippen LogP contribution in [0.2, 0.25) is 0 Å². The van der Waals surface area contributed by atoms with Crippen LogP contribution in [0.3, 0.4) is 0 Å². The van der Waals surface area contributed by atoms with E-state index < -0.39 is 11.9 Å². The van der Waals surface area contributed by atoms with Crippen LogP contribution in [0.25, 0.3) is 0 Å². The van der Waals surface area contributed by atoms with Crippen LogP contribution in [-0.4, -0.2) is 38.4 Å². The topological polar surface area (TPSA) is 61.8 Å². The van der Waals surface area contributed by atoms with E-state index in [1.54, 1.807) is 0 Å². The van der Waals surface area contributed by atoms with Gasteiger partial charge in [0.1, 0.15) is 13.2 Å². The van der Waals surface area contributed by atoms with E-state index in [0.29, 0.717) is 13.2 Å². The fourth-order valence-electron chi connectivity index (χ4n) is 1.94. The van der Waals surface area contributed by atoms with E-state index in [9.17, 15) is 9.59 Å². The molecular weight excluding hydrogens is 248 g/mol. The summed E-state index contributed by atoms with van der Waals surface area (Å²) in [6, 6.07) is 0.